The van der Waals surface area contributed by atoms with Crippen LogP contribution >= 0.6 is 0 Å². The Balaban J connectivity index is 2.02. The van der Waals surface area contributed by atoms with Gasteiger partial charge in [0.1, 0.15) is 5.82 Å². The second-order valence-electron chi connectivity index (χ2n) is 4.81. The first kappa shape index (κ1) is 14.9. The van der Waals surface area contributed by atoms with Gasteiger partial charge >= 0.3 is 0 Å². The van der Waals surface area contributed by atoms with Crippen LogP contribution in [0.15, 0.2) is 53.1 Å². The molecule has 0 aliphatic carbocycles. The summed E-state index contributed by atoms with van der Waals surface area (Å²) in [6.45, 7) is 2.35. The van der Waals surface area contributed by atoms with Crippen molar-refractivity contribution in [1.82, 2.24) is 15.5 Å². The summed E-state index contributed by atoms with van der Waals surface area (Å²) in [6.07, 6.45) is 0. The molecule has 0 unspecified atom stereocenters. The second-order valence-corrected chi connectivity index (χ2v) is 4.81. The number of nitrogens with zero attached hydrogens (tertiary/aromatic N) is 2. The summed E-state index contributed by atoms with van der Waals surface area (Å²) >= 11 is 0. The Morgan fingerprint density at radius 1 is 1.13 bits per heavy atom. The van der Waals surface area contributed by atoms with Gasteiger partial charge in [-0.05, 0) is 31.2 Å². The molecular weight excluding hydrogens is 297 g/mol. The largest absolute Gasteiger partial charge is 0.352 e. The lowest BCUT2D eigenvalue weighted by atomic mass is 10.1. The Kier molecular flexibility index (Phi) is 4.14. The average molecular weight is 311 g/mol. The maximum Gasteiger partial charge on any atom is 0.259 e. The van der Waals surface area contributed by atoms with E-state index in [9.17, 15) is 9.18 Å². The van der Waals surface area contributed by atoms with Gasteiger partial charge in [-0.25, -0.2) is 4.39 Å². The van der Waals surface area contributed by atoms with Gasteiger partial charge in [-0.2, -0.15) is 4.98 Å². The van der Waals surface area contributed by atoms with Crippen LogP contribution in [0.2, 0.25) is 0 Å². The first-order valence-electron chi connectivity index (χ1n) is 7.17. The number of hydrogen-bond acceptors (Lipinski definition) is 4. The molecule has 0 aliphatic rings. The summed E-state index contributed by atoms with van der Waals surface area (Å²) in [7, 11) is 0. The molecule has 1 heterocycles. The highest BCUT2D eigenvalue weighted by Gasteiger charge is 2.18. The van der Waals surface area contributed by atoms with Gasteiger partial charge in [0.05, 0.1) is 16.7 Å². The Morgan fingerprint density at radius 3 is 2.57 bits per heavy atom. The van der Waals surface area contributed by atoms with Crippen LogP contribution in [-0.2, 0) is 0 Å². The van der Waals surface area contributed by atoms with Crippen molar-refractivity contribution >= 4 is 5.91 Å². The van der Waals surface area contributed by atoms with Gasteiger partial charge in [-0.3, -0.25) is 4.79 Å². The van der Waals surface area contributed by atoms with Crippen molar-refractivity contribution in [3.8, 4) is 22.8 Å². The number of halogens is 1. The van der Waals surface area contributed by atoms with E-state index in [1.54, 1.807) is 42.5 Å². The molecular formula is C17H14FN3O2. The zero-order valence-corrected chi connectivity index (χ0v) is 12.4. The number of rotatable bonds is 4. The van der Waals surface area contributed by atoms with Crippen molar-refractivity contribution in [3.05, 3.63) is 59.9 Å². The summed E-state index contributed by atoms with van der Waals surface area (Å²) in [4.78, 5) is 16.3. The summed E-state index contributed by atoms with van der Waals surface area (Å²) in [5, 5.41) is 6.54. The highest BCUT2D eigenvalue weighted by molar-refractivity contribution is 5.99. The fourth-order valence-corrected chi connectivity index (χ4v) is 2.21. The van der Waals surface area contributed by atoms with Gasteiger partial charge < -0.3 is 9.84 Å². The number of hydrogen-bond donors (Lipinski definition) is 1. The summed E-state index contributed by atoms with van der Waals surface area (Å²) in [6, 6.07) is 13.1. The van der Waals surface area contributed by atoms with E-state index >= 15 is 0 Å². The summed E-state index contributed by atoms with van der Waals surface area (Å²) in [5.41, 5.74) is 1.18. The zero-order chi connectivity index (χ0) is 16.2. The van der Waals surface area contributed by atoms with E-state index in [0.717, 1.165) is 0 Å². The number of aromatic nitrogens is 2. The van der Waals surface area contributed by atoms with E-state index in [0.29, 0.717) is 17.7 Å². The molecule has 6 heteroatoms. The Hall–Kier alpha value is -3.02. The minimum atomic E-state index is -0.433. The molecule has 0 bridgehead atoms. The van der Waals surface area contributed by atoms with Gasteiger partial charge in [0.2, 0.25) is 5.82 Å². The zero-order valence-electron chi connectivity index (χ0n) is 12.4. The van der Waals surface area contributed by atoms with E-state index in [1.807, 2.05) is 6.92 Å². The molecule has 0 radical (unpaired) electrons. The molecule has 116 valence electrons. The van der Waals surface area contributed by atoms with Crippen molar-refractivity contribution in [2.45, 2.75) is 6.92 Å². The first-order valence-corrected chi connectivity index (χ1v) is 7.17. The molecule has 23 heavy (non-hydrogen) atoms. The second kappa shape index (κ2) is 6.39. The topological polar surface area (TPSA) is 68.0 Å². The fraction of sp³-hybridized carbons (Fsp3) is 0.118. The molecule has 0 atom stereocenters. The molecule has 3 aromatic rings. The van der Waals surface area contributed by atoms with Gasteiger partial charge in [0, 0.05) is 6.54 Å². The maximum atomic E-state index is 13.8. The molecule has 0 fully saturated rings. The van der Waals surface area contributed by atoms with Crippen molar-refractivity contribution in [2.24, 2.45) is 0 Å². The Morgan fingerprint density at radius 2 is 1.83 bits per heavy atom. The van der Waals surface area contributed by atoms with Crippen LogP contribution in [0.3, 0.4) is 0 Å². The summed E-state index contributed by atoms with van der Waals surface area (Å²) < 4.78 is 19.0. The third kappa shape index (κ3) is 2.96. The van der Waals surface area contributed by atoms with Crippen LogP contribution < -0.4 is 5.32 Å². The molecule has 0 saturated heterocycles. The minimum Gasteiger partial charge on any atom is -0.352 e. The first-order chi connectivity index (χ1) is 11.2. The third-order valence-corrected chi connectivity index (χ3v) is 3.28. The lowest BCUT2D eigenvalue weighted by Gasteiger charge is -2.05. The van der Waals surface area contributed by atoms with Crippen LogP contribution in [0.1, 0.15) is 17.3 Å². The van der Waals surface area contributed by atoms with Crippen molar-refractivity contribution in [3.63, 3.8) is 0 Å². The molecule has 2 aromatic carbocycles. The van der Waals surface area contributed by atoms with Crippen LogP contribution in [0.5, 0.6) is 0 Å². The monoisotopic (exact) mass is 311 g/mol. The Labute approximate surface area is 132 Å². The molecule has 5 nitrogen and oxygen atoms in total. The number of carbonyl (C=O) groups is 1. The third-order valence-electron chi connectivity index (χ3n) is 3.28. The number of amides is 1. The van der Waals surface area contributed by atoms with E-state index in [4.69, 9.17) is 4.52 Å². The number of carbonyl (C=O) groups excluding carboxylic acids is 1. The molecule has 0 aliphatic heterocycles. The molecule has 3 rings (SSSR count). The normalized spacial score (nSPS) is 10.5. The van der Waals surface area contributed by atoms with Gasteiger partial charge in [0.15, 0.2) is 0 Å². The smallest absolute Gasteiger partial charge is 0.259 e. The fourth-order valence-electron chi connectivity index (χ4n) is 2.21. The molecule has 1 amide bonds. The predicted molar refractivity (Wildman–Crippen MR) is 83.1 cm³/mol. The van der Waals surface area contributed by atoms with Crippen LogP contribution in [0.4, 0.5) is 4.39 Å². The van der Waals surface area contributed by atoms with Crippen molar-refractivity contribution in [2.75, 3.05) is 6.54 Å². The van der Waals surface area contributed by atoms with E-state index < -0.39 is 5.82 Å². The Bertz CT molecular complexity index is 845. The van der Waals surface area contributed by atoms with Crippen molar-refractivity contribution in [1.29, 1.82) is 0 Å². The predicted octanol–water partition coefficient (Wildman–Crippen LogP) is 3.29. The van der Waals surface area contributed by atoms with Gasteiger partial charge in [0.25, 0.3) is 11.8 Å². The van der Waals surface area contributed by atoms with Gasteiger partial charge in [-0.15, -0.1) is 0 Å². The van der Waals surface area contributed by atoms with Crippen LogP contribution in [0, 0.1) is 5.82 Å². The highest BCUT2D eigenvalue weighted by Crippen LogP contribution is 2.26. The number of benzene rings is 2. The highest BCUT2D eigenvalue weighted by atomic mass is 19.1. The van der Waals surface area contributed by atoms with Crippen LogP contribution in [-0.4, -0.2) is 22.6 Å². The lowest BCUT2D eigenvalue weighted by molar-refractivity contribution is 0.0956. The van der Waals surface area contributed by atoms with E-state index in [2.05, 4.69) is 15.5 Å². The standard InChI is InChI=1S/C17H14FN3O2/c1-2-19-16(22)11-7-3-4-8-12(11)17-20-15(21-23-17)13-9-5-6-10-14(13)18/h3-10H,2H2,1H3,(H,19,22). The molecule has 0 spiro atoms. The van der Waals surface area contributed by atoms with Gasteiger partial charge in [-0.1, -0.05) is 29.4 Å². The average Bonchev–Trinajstić information content (AvgIpc) is 3.05. The lowest BCUT2D eigenvalue weighted by Crippen LogP contribution is -2.23. The minimum absolute atomic E-state index is 0.142. The molecule has 0 saturated carbocycles. The van der Waals surface area contributed by atoms with E-state index in [1.165, 1.54) is 6.07 Å². The van der Waals surface area contributed by atoms with E-state index in [-0.39, 0.29) is 23.2 Å². The summed E-state index contributed by atoms with van der Waals surface area (Å²) in [5.74, 6) is -0.348. The maximum absolute atomic E-state index is 13.8. The molecule has 1 aromatic heterocycles. The number of nitrogens with one attached hydrogen (secondary N) is 1. The molecule has 1 N–H and O–H groups in total. The van der Waals surface area contributed by atoms with Crippen molar-refractivity contribution < 1.29 is 13.7 Å². The van der Waals surface area contributed by atoms with Crippen LogP contribution in [0.25, 0.3) is 22.8 Å². The SMILES string of the molecule is CCNC(=O)c1ccccc1-c1nc(-c2ccccc2F)no1. The quantitative estimate of drug-likeness (QED) is 0.803.